The van der Waals surface area contributed by atoms with Gasteiger partial charge in [0, 0.05) is 29.3 Å². The lowest BCUT2D eigenvalue weighted by molar-refractivity contribution is -0.131. The summed E-state index contributed by atoms with van der Waals surface area (Å²) in [5, 5.41) is 4.23. The van der Waals surface area contributed by atoms with Crippen LogP contribution >= 0.6 is 0 Å². The summed E-state index contributed by atoms with van der Waals surface area (Å²) < 4.78 is 6.21. The van der Waals surface area contributed by atoms with E-state index < -0.39 is 17.4 Å². The number of nitrogens with one attached hydrogen (secondary N) is 2. The maximum atomic E-state index is 13.3. The van der Waals surface area contributed by atoms with Crippen LogP contribution in [-0.2, 0) is 20.7 Å². The van der Waals surface area contributed by atoms with Crippen molar-refractivity contribution in [1.29, 1.82) is 0 Å². The summed E-state index contributed by atoms with van der Waals surface area (Å²) in [7, 11) is 0. The first kappa shape index (κ1) is 18.4. The highest BCUT2D eigenvalue weighted by Crippen LogP contribution is 2.52. The number of ether oxygens (including phenoxy) is 1. The van der Waals surface area contributed by atoms with E-state index in [-0.39, 0.29) is 17.9 Å². The zero-order chi connectivity index (χ0) is 21.0. The molecule has 6 rings (SSSR count). The summed E-state index contributed by atoms with van der Waals surface area (Å²) in [4.78, 5) is 31.5. The average Bonchev–Trinajstić information content (AvgIpc) is 3.54. The molecule has 2 amide bonds. The number of carbonyl (C=O) groups excluding carboxylic acids is 2. The number of hydrogen-bond acceptors (Lipinski definition) is 3. The molecule has 3 aromatic rings. The lowest BCUT2D eigenvalue weighted by Gasteiger charge is -2.23. The number of para-hydroxylation sites is 2. The van der Waals surface area contributed by atoms with Gasteiger partial charge in [0.15, 0.2) is 0 Å². The van der Waals surface area contributed by atoms with Crippen molar-refractivity contribution in [3.05, 3.63) is 78.5 Å². The average molecular weight is 413 g/mol. The maximum Gasteiger partial charge on any atom is 0.234 e. The molecule has 1 spiro atoms. The van der Waals surface area contributed by atoms with Gasteiger partial charge in [-0.05, 0) is 30.2 Å². The van der Waals surface area contributed by atoms with Gasteiger partial charge in [0.2, 0.25) is 11.8 Å². The SMILES string of the molecule is O=C(NCCc1c[nH]c2ccccc12)C1C2C=C[C@@]3(CN(c4ccccc4)C(=O)C13)O2. The second-order valence-electron chi connectivity index (χ2n) is 8.56. The minimum atomic E-state index is -0.698. The molecule has 0 aliphatic carbocycles. The fraction of sp³-hybridized carbons (Fsp3) is 0.280. The van der Waals surface area contributed by atoms with E-state index in [2.05, 4.69) is 16.4 Å². The molecule has 2 saturated heterocycles. The normalized spacial score (nSPS) is 28.5. The lowest BCUT2D eigenvalue weighted by Crippen LogP contribution is -2.44. The highest BCUT2D eigenvalue weighted by Gasteiger charge is 2.66. The third-order valence-corrected chi connectivity index (χ3v) is 6.84. The van der Waals surface area contributed by atoms with Crippen molar-refractivity contribution in [2.45, 2.75) is 18.1 Å². The van der Waals surface area contributed by atoms with Crippen molar-refractivity contribution in [3.8, 4) is 0 Å². The van der Waals surface area contributed by atoms with Crippen molar-refractivity contribution in [2.24, 2.45) is 11.8 Å². The molecule has 3 unspecified atom stereocenters. The van der Waals surface area contributed by atoms with Gasteiger partial charge in [-0.2, -0.15) is 0 Å². The van der Waals surface area contributed by atoms with Gasteiger partial charge in [0.1, 0.15) is 5.60 Å². The van der Waals surface area contributed by atoms with Crippen LogP contribution in [0.15, 0.2) is 72.9 Å². The van der Waals surface area contributed by atoms with Crippen LogP contribution in [0, 0.1) is 11.8 Å². The van der Waals surface area contributed by atoms with E-state index in [1.807, 2.05) is 66.9 Å². The van der Waals surface area contributed by atoms with Crippen molar-refractivity contribution in [1.82, 2.24) is 10.3 Å². The third-order valence-electron chi connectivity index (χ3n) is 6.84. The molecular weight excluding hydrogens is 390 g/mol. The van der Waals surface area contributed by atoms with Gasteiger partial charge in [-0.15, -0.1) is 0 Å². The molecule has 2 N–H and O–H groups in total. The molecule has 156 valence electrons. The number of hydrogen-bond donors (Lipinski definition) is 2. The first-order valence-electron chi connectivity index (χ1n) is 10.7. The third kappa shape index (κ3) is 2.75. The molecule has 2 fully saturated rings. The number of benzene rings is 2. The number of aromatic nitrogens is 1. The maximum absolute atomic E-state index is 13.3. The first-order chi connectivity index (χ1) is 15.2. The molecule has 1 aromatic heterocycles. The molecule has 6 heteroatoms. The van der Waals surface area contributed by atoms with E-state index in [0.29, 0.717) is 13.1 Å². The molecule has 3 aliphatic heterocycles. The monoisotopic (exact) mass is 413 g/mol. The van der Waals surface area contributed by atoms with Crippen molar-refractivity contribution < 1.29 is 14.3 Å². The quantitative estimate of drug-likeness (QED) is 0.632. The number of rotatable bonds is 5. The fourth-order valence-electron chi connectivity index (χ4n) is 5.40. The largest absolute Gasteiger partial charge is 0.361 e. The number of nitrogens with zero attached hydrogens (tertiary/aromatic N) is 1. The molecule has 3 aliphatic rings. The number of amides is 2. The molecule has 2 aromatic carbocycles. The summed E-state index contributed by atoms with van der Waals surface area (Å²) in [5.74, 6) is -1.11. The smallest absolute Gasteiger partial charge is 0.234 e. The van der Waals surface area contributed by atoms with Crippen LogP contribution in [0.3, 0.4) is 0 Å². The predicted octanol–water partition coefficient (Wildman–Crippen LogP) is 2.81. The lowest BCUT2D eigenvalue weighted by atomic mass is 9.77. The zero-order valence-electron chi connectivity index (χ0n) is 17.0. The van der Waals surface area contributed by atoms with E-state index in [1.54, 1.807) is 4.90 Å². The molecule has 31 heavy (non-hydrogen) atoms. The summed E-state index contributed by atoms with van der Waals surface area (Å²) in [5.41, 5.74) is 2.41. The Labute approximate surface area is 179 Å². The Bertz CT molecular complexity index is 1200. The molecule has 4 atom stereocenters. The number of anilines is 1. The van der Waals surface area contributed by atoms with E-state index in [4.69, 9.17) is 4.74 Å². The van der Waals surface area contributed by atoms with Gasteiger partial charge < -0.3 is 19.9 Å². The minimum Gasteiger partial charge on any atom is -0.361 e. The van der Waals surface area contributed by atoms with Crippen LogP contribution < -0.4 is 10.2 Å². The Balaban J connectivity index is 1.18. The van der Waals surface area contributed by atoms with Gasteiger partial charge in [-0.1, -0.05) is 48.6 Å². The van der Waals surface area contributed by atoms with E-state index >= 15 is 0 Å². The summed E-state index contributed by atoms with van der Waals surface area (Å²) in [6.07, 6.45) is 6.32. The second kappa shape index (κ2) is 6.82. The standard InChI is InChI=1S/C25H23N3O3/c29-23(26-13-11-16-14-27-19-9-5-4-8-18(16)19)21-20-10-12-25(31-20)15-28(24(30)22(21)25)17-6-2-1-3-7-17/h1-10,12,14,20-22,27H,11,13,15H2,(H,26,29)/t20?,21?,22?,25-/m0/s1. The van der Waals surface area contributed by atoms with Crippen LogP contribution in [0.5, 0.6) is 0 Å². The predicted molar refractivity (Wildman–Crippen MR) is 118 cm³/mol. The topological polar surface area (TPSA) is 74.4 Å². The first-order valence-corrected chi connectivity index (χ1v) is 10.7. The number of fused-ring (bicyclic) bond motifs is 2. The van der Waals surface area contributed by atoms with E-state index in [1.165, 1.54) is 10.9 Å². The van der Waals surface area contributed by atoms with Crippen LogP contribution in [-0.4, -0.2) is 41.6 Å². The van der Waals surface area contributed by atoms with Crippen LogP contribution in [0.25, 0.3) is 10.9 Å². The Morgan fingerprint density at radius 2 is 1.97 bits per heavy atom. The van der Waals surface area contributed by atoms with Crippen LogP contribution in [0.2, 0.25) is 0 Å². The number of aromatic amines is 1. The summed E-state index contributed by atoms with van der Waals surface area (Å²) >= 11 is 0. The Morgan fingerprint density at radius 3 is 2.84 bits per heavy atom. The van der Waals surface area contributed by atoms with Crippen molar-refractivity contribution >= 4 is 28.4 Å². The van der Waals surface area contributed by atoms with Crippen LogP contribution in [0.1, 0.15) is 5.56 Å². The van der Waals surface area contributed by atoms with Gasteiger partial charge >= 0.3 is 0 Å². The molecule has 0 saturated carbocycles. The number of H-pyrrole nitrogens is 1. The highest BCUT2D eigenvalue weighted by atomic mass is 16.5. The van der Waals surface area contributed by atoms with Crippen molar-refractivity contribution in [2.75, 3.05) is 18.0 Å². The Hall–Kier alpha value is -3.38. The molecule has 0 radical (unpaired) electrons. The van der Waals surface area contributed by atoms with Gasteiger partial charge in [-0.25, -0.2) is 0 Å². The van der Waals surface area contributed by atoms with Gasteiger partial charge in [0.25, 0.3) is 0 Å². The number of carbonyl (C=O) groups is 2. The van der Waals surface area contributed by atoms with E-state index in [9.17, 15) is 9.59 Å². The summed E-state index contributed by atoms with van der Waals surface area (Å²) in [6.45, 7) is 0.969. The molecule has 2 bridgehead atoms. The van der Waals surface area contributed by atoms with E-state index in [0.717, 1.165) is 17.6 Å². The Kier molecular flexibility index (Phi) is 4.05. The van der Waals surface area contributed by atoms with Gasteiger partial charge in [0.05, 0.1) is 24.5 Å². The second-order valence-corrected chi connectivity index (χ2v) is 8.56. The molecular formula is C25H23N3O3. The van der Waals surface area contributed by atoms with Crippen LogP contribution in [0.4, 0.5) is 5.69 Å². The fourth-order valence-corrected chi connectivity index (χ4v) is 5.40. The van der Waals surface area contributed by atoms with Crippen molar-refractivity contribution in [3.63, 3.8) is 0 Å². The van der Waals surface area contributed by atoms with Gasteiger partial charge in [-0.3, -0.25) is 9.59 Å². The highest BCUT2D eigenvalue weighted by molar-refractivity contribution is 6.03. The molecule has 6 nitrogen and oxygen atoms in total. The molecule has 4 heterocycles. The Morgan fingerprint density at radius 1 is 1.16 bits per heavy atom. The summed E-state index contributed by atoms with van der Waals surface area (Å²) in [6, 6.07) is 17.7. The minimum absolute atomic E-state index is 0.0326. The zero-order valence-corrected chi connectivity index (χ0v) is 17.0.